The highest BCUT2D eigenvalue weighted by Gasteiger charge is 2.44. The zero-order valence-electron chi connectivity index (χ0n) is 21.3. The Morgan fingerprint density at radius 3 is 1.91 bits per heavy atom. The van der Waals surface area contributed by atoms with Gasteiger partial charge in [0.15, 0.2) is 12.4 Å². The molecule has 10 heteroatoms. The monoisotopic (exact) mass is 506 g/mol. The molecule has 0 amide bonds. The van der Waals surface area contributed by atoms with Gasteiger partial charge in [-0.05, 0) is 12.8 Å². The lowest BCUT2D eigenvalue weighted by atomic mass is 9.99. The average Bonchev–Trinajstić information content (AvgIpc) is 2.85. The standard InChI is InChI=1S/C25H46O10/c1-3-5-7-9-11-13-20(27)32-16-18(34-21(28)14-12-10-8-6-4-2)17-33-25-24(31)23(30)22(29)19(15-26)35-25/h18-19,22-26,29-31H,3-17H2,1-2H3/t18?,19-,22-,23+,24-,25-/m1/s1. The van der Waals surface area contributed by atoms with E-state index >= 15 is 0 Å². The number of hydrogen-bond donors (Lipinski definition) is 4. The van der Waals surface area contributed by atoms with Crippen LogP contribution >= 0.6 is 0 Å². The van der Waals surface area contributed by atoms with Gasteiger partial charge in [-0.25, -0.2) is 0 Å². The minimum atomic E-state index is -1.58. The van der Waals surface area contributed by atoms with E-state index in [1.54, 1.807) is 0 Å². The summed E-state index contributed by atoms with van der Waals surface area (Å²) in [7, 11) is 0. The van der Waals surface area contributed by atoms with Gasteiger partial charge in [-0.15, -0.1) is 0 Å². The molecule has 1 rings (SSSR count). The summed E-state index contributed by atoms with van der Waals surface area (Å²) in [5, 5.41) is 39.3. The minimum absolute atomic E-state index is 0.215. The van der Waals surface area contributed by atoms with Crippen LogP contribution in [0, 0.1) is 0 Å². The molecule has 0 aromatic heterocycles. The van der Waals surface area contributed by atoms with E-state index in [9.17, 15) is 30.0 Å². The van der Waals surface area contributed by atoms with E-state index in [0.717, 1.165) is 57.8 Å². The second-order valence-corrected chi connectivity index (χ2v) is 9.15. The van der Waals surface area contributed by atoms with Crippen LogP contribution in [0.1, 0.15) is 90.9 Å². The van der Waals surface area contributed by atoms with Crippen LogP contribution in [0.4, 0.5) is 0 Å². The summed E-state index contributed by atoms with van der Waals surface area (Å²) in [4.78, 5) is 24.4. The lowest BCUT2D eigenvalue weighted by Gasteiger charge is -2.39. The van der Waals surface area contributed by atoms with Crippen molar-refractivity contribution in [3.8, 4) is 0 Å². The molecule has 0 bridgehead atoms. The van der Waals surface area contributed by atoms with E-state index in [2.05, 4.69) is 13.8 Å². The van der Waals surface area contributed by atoms with Crippen molar-refractivity contribution in [1.82, 2.24) is 0 Å². The second kappa shape index (κ2) is 18.9. The Morgan fingerprint density at radius 2 is 1.34 bits per heavy atom. The van der Waals surface area contributed by atoms with Gasteiger partial charge < -0.3 is 39.4 Å². The molecule has 0 aliphatic carbocycles. The zero-order valence-corrected chi connectivity index (χ0v) is 21.3. The number of aliphatic hydroxyl groups excluding tert-OH is 4. The first-order valence-electron chi connectivity index (χ1n) is 13.1. The molecule has 10 nitrogen and oxygen atoms in total. The number of carbonyl (C=O) groups is 2. The number of ether oxygens (including phenoxy) is 4. The molecular weight excluding hydrogens is 460 g/mol. The first kappa shape index (κ1) is 31.7. The van der Waals surface area contributed by atoms with E-state index < -0.39 is 55.4 Å². The van der Waals surface area contributed by atoms with Gasteiger partial charge in [0.05, 0.1) is 13.2 Å². The molecule has 1 fully saturated rings. The van der Waals surface area contributed by atoms with Crippen LogP contribution in [-0.4, -0.2) is 89.0 Å². The van der Waals surface area contributed by atoms with E-state index in [1.807, 2.05) is 0 Å². The van der Waals surface area contributed by atoms with Crippen molar-refractivity contribution in [2.24, 2.45) is 0 Å². The first-order valence-corrected chi connectivity index (χ1v) is 13.1. The second-order valence-electron chi connectivity index (χ2n) is 9.15. The Kier molecular flexibility index (Phi) is 17.1. The third-order valence-electron chi connectivity index (χ3n) is 5.99. The maximum atomic E-state index is 12.3. The molecule has 6 atom stereocenters. The zero-order chi connectivity index (χ0) is 26.1. The van der Waals surface area contributed by atoms with Gasteiger partial charge in [0.1, 0.15) is 31.0 Å². The van der Waals surface area contributed by atoms with Gasteiger partial charge in [-0.2, -0.15) is 0 Å². The number of rotatable bonds is 19. The van der Waals surface area contributed by atoms with Crippen LogP contribution in [0.3, 0.4) is 0 Å². The van der Waals surface area contributed by atoms with Crippen molar-refractivity contribution in [2.45, 2.75) is 128 Å². The van der Waals surface area contributed by atoms with Crippen molar-refractivity contribution in [1.29, 1.82) is 0 Å². The molecular formula is C25H46O10. The van der Waals surface area contributed by atoms with Crippen molar-refractivity contribution in [3.63, 3.8) is 0 Å². The highest BCUT2D eigenvalue weighted by molar-refractivity contribution is 5.70. The van der Waals surface area contributed by atoms with Gasteiger partial charge in [0.25, 0.3) is 0 Å². The fraction of sp³-hybridized carbons (Fsp3) is 0.920. The fourth-order valence-electron chi connectivity index (χ4n) is 3.77. The molecule has 0 radical (unpaired) electrons. The highest BCUT2D eigenvalue weighted by Crippen LogP contribution is 2.22. The fourth-order valence-corrected chi connectivity index (χ4v) is 3.77. The molecule has 1 aliphatic rings. The third kappa shape index (κ3) is 13.0. The Labute approximate surface area is 208 Å². The maximum Gasteiger partial charge on any atom is 0.306 e. The van der Waals surface area contributed by atoms with Crippen molar-refractivity contribution in [2.75, 3.05) is 19.8 Å². The van der Waals surface area contributed by atoms with Crippen LogP contribution in [0.15, 0.2) is 0 Å². The van der Waals surface area contributed by atoms with Crippen LogP contribution in [0.5, 0.6) is 0 Å². The summed E-state index contributed by atoms with van der Waals surface area (Å²) >= 11 is 0. The van der Waals surface area contributed by atoms with Crippen LogP contribution in [0.25, 0.3) is 0 Å². The van der Waals surface area contributed by atoms with Crippen LogP contribution < -0.4 is 0 Å². The summed E-state index contributed by atoms with van der Waals surface area (Å²) in [5.41, 5.74) is 0. The SMILES string of the molecule is CCCCCCCC(=O)OCC(CO[C@@H]1O[C@H](CO)[C@@H](O)[C@H](O)[C@H]1O)OC(=O)CCCCCCC. The average molecular weight is 507 g/mol. The summed E-state index contributed by atoms with van der Waals surface area (Å²) < 4.78 is 21.6. The Morgan fingerprint density at radius 1 is 0.771 bits per heavy atom. The number of unbranched alkanes of at least 4 members (excludes halogenated alkanes) is 8. The molecule has 1 unspecified atom stereocenters. The molecule has 4 N–H and O–H groups in total. The summed E-state index contributed by atoms with van der Waals surface area (Å²) in [6.07, 6.45) is 2.26. The van der Waals surface area contributed by atoms with E-state index in [1.165, 1.54) is 0 Å². The summed E-state index contributed by atoms with van der Waals surface area (Å²) in [6, 6.07) is 0. The van der Waals surface area contributed by atoms with Crippen LogP contribution in [0.2, 0.25) is 0 Å². The van der Waals surface area contributed by atoms with E-state index in [-0.39, 0.29) is 26.1 Å². The van der Waals surface area contributed by atoms with Gasteiger partial charge in [-0.3, -0.25) is 9.59 Å². The van der Waals surface area contributed by atoms with E-state index in [0.29, 0.717) is 6.42 Å². The number of hydrogen-bond acceptors (Lipinski definition) is 10. The molecule has 0 spiro atoms. The van der Waals surface area contributed by atoms with Gasteiger partial charge in [0.2, 0.25) is 0 Å². The van der Waals surface area contributed by atoms with Crippen molar-refractivity contribution < 1.29 is 49.0 Å². The molecule has 1 saturated heterocycles. The lowest BCUT2D eigenvalue weighted by molar-refractivity contribution is -0.305. The largest absolute Gasteiger partial charge is 0.462 e. The Hall–Kier alpha value is -1.30. The molecule has 1 aliphatic heterocycles. The van der Waals surface area contributed by atoms with Gasteiger partial charge in [-0.1, -0.05) is 65.2 Å². The molecule has 1 heterocycles. The summed E-state index contributed by atoms with van der Waals surface area (Å²) in [6.45, 7) is 3.16. The number of esters is 2. The van der Waals surface area contributed by atoms with Gasteiger partial charge in [0, 0.05) is 12.8 Å². The van der Waals surface area contributed by atoms with E-state index in [4.69, 9.17) is 18.9 Å². The van der Waals surface area contributed by atoms with Crippen LogP contribution in [-0.2, 0) is 28.5 Å². The highest BCUT2D eigenvalue weighted by atomic mass is 16.7. The third-order valence-corrected chi connectivity index (χ3v) is 5.99. The quantitative estimate of drug-likeness (QED) is 0.151. The molecule has 0 saturated carbocycles. The number of aliphatic hydroxyl groups is 4. The molecule has 35 heavy (non-hydrogen) atoms. The Bertz CT molecular complexity index is 570. The minimum Gasteiger partial charge on any atom is -0.462 e. The van der Waals surface area contributed by atoms with Gasteiger partial charge >= 0.3 is 11.9 Å². The summed E-state index contributed by atoms with van der Waals surface area (Å²) in [5.74, 6) is -0.838. The smallest absolute Gasteiger partial charge is 0.306 e. The maximum absolute atomic E-state index is 12.3. The molecule has 206 valence electrons. The normalized spacial score (nSPS) is 25.3. The molecule has 0 aromatic carbocycles. The van der Waals surface area contributed by atoms with Crippen molar-refractivity contribution in [3.05, 3.63) is 0 Å². The molecule has 0 aromatic rings. The Balaban J connectivity index is 2.58. The number of carbonyl (C=O) groups excluding carboxylic acids is 2. The lowest BCUT2D eigenvalue weighted by Crippen LogP contribution is -2.59. The predicted octanol–water partition coefficient (Wildman–Crippen LogP) is 1.98. The van der Waals surface area contributed by atoms with Crippen molar-refractivity contribution >= 4 is 11.9 Å². The predicted molar refractivity (Wildman–Crippen MR) is 127 cm³/mol. The first-order chi connectivity index (χ1) is 16.8. The topological polar surface area (TPSA) is 152 Å².